The molecule has 0 N–H and O–H groups in total. The molecule has 1 aromatic rings. The van der Waals surface area contributed by atoms with Crippen LogP contribution in [0.1, 0.15) is 50.6 Å². The quantitative estimate of drug-likeness (QED) is 0.736. The summed E-state index contributed by atoms with van der Waals surface area (Å²) < 4.78 is 3.35. The third-order valence-electron chi connectivity index (χ3n) is 3.30. The minimum absolute atomic E-state index is 0.616. The molecule has 2 nitrogen and oxygen atoms in total. The Hall–Kier alpha value is 0.170. The van der Waals surface area contributed by atoms with Gasteiger partial charge in [-0.2, -0.15) is 5.10 Å². The highest BCUT2D eigenvalue weighted by Crippen LogP contribution is 2.40. The van der Waals surface area contributed by atoms with E-state index in [-0.39, 0.29) is 0 Å². The van der Waals surface area contributed by atoms with Crippen LogP contribution in [0.25, 0.3) is 0 Å². The van der Waals surface area contributed by atoms with Gasteiger partial charge in [-0.1, -0.05) is 35.7 Å². The highest BCUT2D eigenvalue weighted by atomic mass is 79.9. The van der Waals surface area contributed by atoms with E-state index in [0.717, 1.165) is 13.0 Å². The van der Waals surface area contributed by atoms with E-state index in [1.165, 1.54) is 35.8 Å². The molecule has 1 aliphatic rings. The van der Waals surface area contributed by atoms with E-state index in [1.54, 1.807) is 0 Å². The maximum absolute atomic E-state index is 4.46. The predicted molar refractivity (Wildman–Crippen MR) is 74.1 cm³/mol. The molecule has 2 rings (SSSR count). The van der Waals surface area contributed by atoms with Crippen LogP contribution >= 0.6 is 31.9 Å². The number of halogens is 2. The summed E-state index contributed by atoms with van der Waals surface area (Å²) in [5.74, 6) is 0.622. The third kappa shape index (κ3) is 2.53. The van der Waals surface area contributed by atoms with Gasteiger partial charge in [0.2, 0.25) is 0 Å². The maximum atomic E-state index is 4.46. The van der Waals surface area contributed by atoms with Crippen LogP contribution in [0.2, 0.25) is 0 Å². The van der Waals surface area contributed by atoms with Crippen LogP contribution < -0.4 is 0 Å². The van der Waals surface area contributed by atoms with Crippen molar-refractivity contribution in [3.05, 3.63) is 16.4 Å². The Labute approximate surface area is 114 Å². The average molecular weight is 350 g/mol. The first-order valence-electron chi connectivity index (χ1n) is 6.09. The Balaban J connectivity index is 2.26. The molecular weight excluding hydrogens is 332 g/mol. The summed E-state index contributed by atoms with van der Waals surface area (Å²) in [5.41, 5.74) is 1.39. The van der Waals surface area contributed by atoms with Crippen molar-refractivity contribution in [3.63, 3.8) is 0 Å². The number of aryl methyl sites for hydroxylation is 1. The molecule has 2 unspecified atom stereocenters. The molecule has 0 aromatic carbocycles. The largest absolute Gasteiger partial charge is 0.268 e. The molecule has 16 heavy (non-hydrogen) atoms. The van der Waals surface area contributed by atoms with Crippen molar-refractivity contribution >= 4 is 31.9 Å². The van der Waals surface area contributed by atoms with Gasteiger partial charge in [0.1, 0.15) is 0 Å². The van der Waals surface area contributed by atoms with Gasteiger partial charge in [-0.25, -0.2) is 0 Å². The first-order chi connectivity index (χ1) is 7.74. The highest BCUT2D eigenvalue weighted by Gasteiger charge is 2.28. The van der Waals surface area contributed by atoms with E-state index in [0.29, 0.717) is 10.7 Å². The van der Waals surface area contributed by atoms with Crippen LogP contribution in [-0.4, -0.2) is 14.6 Å². The lowest BCUT2D eigenvalue weighted by Gasteiger charge is -2.28. The van der Waals surface area contributed by atoms with Gasteiger partial charge in [-0.15, -0.1) is 0 Å². The molecule has 4 heteroatoms. The Bertz CT molecular complexity index is 349. The van der Waals surface area contributed by atoms with E-state index in [2.05, 4.69) is 48.6 Å². The minimum atomic E-state index is 0.616. The molecule has 2 atom stereocenters. The van der Waals surface area contributed by atoms with Gasteiger partial charge in [0, 0.05) is 17.3 Å². The number of alkyl halides is 1. The minimum Gasteiger partial charge on any atom is -0.268 e. The lowest BCUT2D eigenvalue weighted by molar-refractivity contribution is 0.427. The number of nitrogens with zero attached hydrogens (tertiary/aromatic N) is 2. The van der Waals surface area contributed by atoms with Crippen LogP contribution in [-0.2, 0) is 6.54 Å². The molecule has 0 bridgehead atoms. The van der Waals surface area contributed by atoms with Crippen LogP contribution in [0.3, 0.4) is 0 Å². The SMILES string of the molecule is CCCn1ncc(Br)c1C1CCCCC1Br. The van der Waals surface area contributed by atoms with E-state index < -0.39 is 0 Å². The van der Waals surface area contributed by atoms with Crippen molar-refractivity contribution in [3.8, 4) is 0 Å². The number of aromatic nitrogens is 2. The summed E-state index contributed by atoms with van der Waals surface area (Å²) in [6, 6.07) is 0. The molecule has 90 valence electrons. The average Bonchev–Trinajstić information content (AvgIpc) is 2.62. The highest BCUT2D eigenvalue weighted by molar-refractivity contribution is 9.10. The topological polar surface area (TPSA) is 17.8 Å². The number of hydrogen-bond acceptors (Lipinski definition) is 1. The summed E-state index contributed by atoms with van der Waals surface area (Å²) in [7, 11) is 0. The van der Waals surface area contributed by atoms with Crippen molar-refractivity contribution in [2.24, 2.45) is 0 Å². The van der Waals surface area contributed by atoms with Crippen molar-refractivity contribution < 1.29 is 0 Å². The summed E-state index contributed by atoms with van der Waals surface area (Å²) in [6.07, 6.45) is 8.35. The molecule has 0 radical (unpaired) electrons. The molecule has 0 spiro atoms. The first-order valence-corrected chi connectivity index (χ1v) is 7.80. The fraction of sp³-hybridized carbons (Fsp3) is 0.750. The monoisotopic (exact) mass is 348 g/mol. The van der Waals surface area contributed by atoms with Crippen LogP contribution in [0.4, 0.5) is 0 Å². The van der Waals surface area contributed by atoms with Crippen molar-refractivity contribution in [1.29, 1.82) is 0 Å². The van der Waals surface area contributed by atoms with Gasteiger partial charge < -0.3 is 0 Å². The fourth-order valence-electron chi connectivity index (χ4n) is 2.52. The molecule has 1 heterocycles. The van der Waals surface area contributed by atoms with Crippen LogP contribution in [0, 0.1) is 0 Å². The van der Waals surface area contributed by atoms with Crippen molar-refractivity contribution in [2.45, 2.75) is 56.3 Å². The predicted octanol–water partition coefficient (Wildman–Crippen LogP) is 4.48. The molecule has 0 amide bonds. The zero-order valence-electron chi connectivity index (χ0n) is 9.63. The van der Waals surface area contributed by atoms with E-state index >= 15 is 0 Å². The van der Waals surface area contributed by atoms with E-state index in [4.69, 9.17) is 0 Å². The van der Waals surface area contributed by atoms with Gasteiger partial charge in [0.15, 0.2) is 0 Å². The number of rotatable bonds is 3. The second-order valence-corrected chi connectivity index (χ2v) is 6.54. The summed E-state index contributed by atoms with van der Waals surface area (Å²) in [4.78, 5) is 0.616. The van der Waals surface area contributed by atoms with Gasteiger partial charge in [0.25, 0.3) is 0 Å². The third-order valence-corrected chi connectivity index (χ3v) is 5.01. The van der Waals surface area contributed by atoms with Crippen molar-refractivity contribution in [2.75, 3.05) is 0 Å². The van der Waals surface area contributed by atoms with Gasteiger partial charge >= 0.3 is 0 Å². The van der Waals surface area contributed by atoms with Crippen molar-refractivity contribution in [1.82, 2.24) is 9.78 Å². The van der Waals surface area contributed by atoms with Crippen LogP contribution in [0.5, 0.6) is 0 Å². The van der Waals surface area contributed by atoms with Gasteiger partial charge in [-0.05, 0) is 35.2 Å². The fourth-order valence-corrected chi connectivity index (χ4v) is 3.95. The molecule has 1 saturated carbocycles. The second kappa shape index (κ2) is 5.67. The normalized spacial score (nSPS) is 25.9. The summed E-state index contributed by atoms with van der Waals surface area (Å²) >= 11 is 7.48. The number of hydrogen-bond donors (Lipinski definition) is 0. The molecule has 1 fully saturated rings. The Morgan fingerprint density at radius 3 is 2.88 bits per heavy atom. The maximum Gasteiger partial charge on any atom is 0.0635 e. The molecule has 1 aromatic heterocycles. The Kier molecular flexibility index (Phi) is 4.48. The zero-order valence-corrected chi connectivity index (χ0v) is 12.8. The zero-order chi connectivity index (χ0) is 11.5. The van der Waals surface area contributed by atoms with Gasteiger partial charge in [-0.3, -0.25) is 4.68 Å². The van der Waals surface area contributed by atoms with Gasteiger partial charge in [0.05, 0.1) is 16.4 Å². The standard InChI is InChI=1S/C12H18Br2N2/c1-2-7-16-12(11(14)8-15-16)9-5-3-4-6-10(9)13/h8-10H,2-7H2,1H3. The van der Waals surface area contributed by atoms with Crippen LogP contribution in [0.15, 0.2) is 10.7 Å². The lowest BCUT2D eigenvalue weighted by Crippen LogP contribution is -2.21. The lowest BCUT2D eigenvalue weighted by atomic mass is 9.87. The summed E-state index contributed by atoms with van der Waals surface area (Å²) in [6.45, 7) is 3.23. The second-order valence-electron chi connectivity index (χ2n) is 4.51. The Morgan fingerprint density at radius 1 is 1.44 bits per heavy atom. The molecular formula is C12H18Br2N2. The van der Waals surface area contributed by atoms with E-state index in [9.17, 15) is 0 Å². The molecule has 1 aliphatic carbocycles. The first kappa shape index (κ1) is 12.6. The van der Waals surface area contributed by atoms with E-state index in [1.807, 2.05) is 6.20 Å². The molecule has 0 aliphatic heterocycles. The summed E-state index contributed by atoms with van der Waals surface area (Å²) in [5, 5.41) is 4.46. The Morgan fingerprint density at radius 2 is 2.19 bits per heavy atom. The smallest absolute Gasteiger partial charge is 0.0635 e. The molecule has 0 saturated heterocycles.